The summed E-state index contributed by atoms with van der Waals surface area (Å²) in [5.41, 5.74) is 1.39. The van der Waals surface area contributed by atoms with Crippen LogP contribution in [-0.2, 0) is 0 Å². The van der Waals surface area contributed by atoms with Gasteiger partial charge in [0.15, 0.2) is 0 Å². The Labute approximate surface area is 146 Å². The molecule has 0 N–H and O–H groups in total. The van der Waals surface area contributed by atoms with Gasteiger partial charge < -0.3 is 4.74 Å². The van der Waals surface area contributed by atoms with Crippen LogP contribution >= 0.6 is 11.6 Å². The highest BCUT2D eigenvalue weighted by Crippen LogP contribution is 2.30. The molecule has 0 aliphatic carbocycles. The molecule has 0 spiro atoms. The van der Waals surface area contributed by atoms with E-state index in [0.29, 0.717) is 22.5 Å². The average molecular weight is 340 g/mol. The molecule has 5 rings (SSSR count). The first kappa shape index (κ1) is 15.4. The molecule has 2 aromatic rings. The number of ether oxygens (including phenoxy) is 1. The summed E-state index contributed by atoms with van der Waals surface area (Å²) in [5, 5.41) is 8.95. The summed E-state index contributed by atoms with van der Waals surface area (Å²) in [7, 11) is 0. The van der Waals surface area contributed by atoms with E-state index < -0.39 is 0 Å². The summed E-state index contributed by atoms with van der Waals surface area (Å²) in [6.45, 7) is 3.40. The minimum absolute atomic E-state index is 0.238. The van der Waals surface area contributed by atoms with Crippen LogP contribution < -0.4 is 4.74 Å². The van der Waals surface area contributed by atoms with Crippen LogP contribution in [0.15, 0.2) is 36.4 Å². The van der Waals surface area contributed by atoms with Crippen molar-refractivity contribution < 1.29 is 4.74 Å². The highest BCUT2D eigenvalue weighted by Gasteiger charge is 2.35. The van der Waals surface area contributed by atoms with Gasteiger partial charge in [-0.2, -0.15) is 0 Å². The van der Waals surface area contributed by atoms with Gasteiger partial charge in [-0.15, -0.1) is 10.2 Å². The smallest absolute Gasteiger partial charge is 0.233 e. The molecule has 4 heterocycles. The third-order valence-electron chi connectivity index (χ3n) is 4.71. The highest BCUT2D eigenvalue weighted by atomic mass is 35.5. The molecule has 0 saturated carbocycles. The Bertz CT molecular complexity index is 773. The molecular formula is C19H18ClN3O. The van der Waals surface area contributed by atoms with Crippen molar-refractivity contribution in [3.63, 3.8) is 0 Å². The van der Waals surface area contributed by atoms with Crippen LogP contribution in [0, 0.1) is 17.8 Å². The van der Waals surface area contributed by atoms with Gasteiger partial charge in [-0.1, -0.05) is 29.7 Å². The van der Waals surface area contributed by atoms with Crippen LogP contribution in [0.1, 0.15) is 24.1 Å². The number of nitrogens with zero attached hydrogens (tertiary/aromatic N) is 3. The van der Waals surface area contributed by atoms with E-state index in [2.05, 4.69) is 26.9 Å². The molecule has 4 nitrogen and oxygen atoms in total. The zero-order chi connectivity index (χ0) is 16.4. The van der Waals surface area contributed by atoms with E-state index in [1.165, 1.54) is 25.9 Å². The Kier molecular flexibility index (Phi) is 4.38. The number of piperidine rings is 3. The Balaban J connectivity index is 1.43. The molecule has 0 radical (unpaired) electrons. The fourth-order valence-electron chi connectivity index (χ4n) is 3.34. The van der Waals surface area contributed by atoms with Crippen molar-refractivity contribution in [3.05, 3.63) is 52.7 Å². The SMILES string of the molecule is Clc1ccccc1C#Cc1ccc(OC2CN3CCC2CC3)nn1. The normalized spacial score (nSPS) is 25.0. The van der Waals surface area contributed by atoms with Crippen molar-refractivity contribution in [2.24, 2.45) is 5.92 Å². The van der Waals surface area contributed by atoms with E-state index >= 15 is 0 Å². The Morgan fingerprint density at radius 3 is 2.54 bits per heavy atom. The predicted octanol–water partition coefficient (Wildman–Crippen LogP) is 3.00. The molecule has 1 unspecified atom stereocenters. The third kappa shape index (κ3) is 3.38. The largest absolute Gasteiger partial charge is 0.472 e. The summed E-state index contributed by atoms with van der Waals surface area (Å²) in [6, 6.07) is 11.2. The Morgan fingerprint density at radius 1 is 1.04 bits per heavy atom. The summed E-state index contributed by atoms with van der Waals surface area (Å²) in [6.07, 6.45) is 2.68. The lowest BCUT2D eigenvalue weighted by atomic mass is 9.86. The van der Waals surface area contributed by atoms with E-state index in [-0.39, 0.29) is 6.10 Å². The first-order chi connectivity index (χ1) is 11.8. The van der Waals surface area contributed by atoms with Crippen molar-refractivity contribution in [3.8, 4) is 17.7 Å². The van der Waals surface area contributed by atoms with Crippen LogP contribution in [0.3, 0.4) is 0 Å². The van der Waals surface area contributed by atoms with E-state index in [9.17, 15) is 0 Å². The van der Waals surface area contributed by atoms with Crippen molar-refractivity contribution in [2.45, 2.75) is 18.9 Å². The number of hydrogen-bond acceptors (Lipinski definition) is 4. The maximum absolute atomic E-state index is 6.09. The topological polar surface area (TPSA) is 38.2 Å². The van der Waals surface area contributed by atoms with Crippen LogP contribution in [0.4, 0.5) is 0 Å². The minimum Gasteiger partial charge on any atom is -0.472 e. The molecular weight excluding hydrogens is 322 g/mol. The van der Waals surface area contributed by atoms with Crippen LogP contribution in [0.25, 0.3) is 0 Å². The number of benzene rings is 1. The monoisotopic (exact) mass is 339 g/mol. The Hall–Kier alpha value is -2.09. The third-order valence-corrected chi connectivity index (χ3v) is 5.04. The zero-order valence-corrected chi connectivity index (χ0v) is 14.0. The Morgan fingerprint density at radius 2 is 1.88 bits per heavy atom. The molecule has 5 heteroatoms. The number of halogens is 1. The molecule has 24 heavy (non-hydrogen) atoms. The molecule has 0 amide bonds. The first-order valence-corrected chi connectivity index (χ1v) is 8.65. The lowest BCUT2D eigenvalue weighted by Gasteiger charge is -2.44. The molecule has 3 saturated heterocycles. The van der Waals surface area contributed by atoms with E-state index in [1.54, 1.807) is 0 Å². The second kappa shape index (κ2) is 6.80. The fourth-order valence-corrected chi connectivity index (χ4v) is 3.53. The van der Waals surface area contributed by atoms with Gasteiger partial charge in [-0.05, 0) is 56.0 Å². The molecule has 122 valence electrons. The zero-order valence-electron chi connectivity index (χ0n) is 13.3. The summed E-state index contributed by atoms with van der Waals surface area (Å²) in [4.78, 5) is 2.46. The maximum atomic E-state index is 6.09. The fraction of sp³-hybridized carbons (Fsp3) is 0.368. The lowest BCUT2D eigenvalue weighted by molar-refractivity contribution is -0.0104. The van der Waals surface area contributed by atoms with Crippen molar-refractivity contribution >= 4 is 11.6 Å². The second-order valence-electron chi connectivity index (χ2n) is 6.28. The lowest BCUT2D eigenvalue weighted by Crippen LogP contribution is -2.52. The maximum Gasteiger partial charge on any atom is 0.233 e. The second-order valence-corrected chi connectivity index (χ2v) is 6.69. The van der Waals surface area contributed by atoms with Crippen molar-refractivity contribution in [1.29, 1.82) is 0 Å². The molecule has 3 fully saturated rings. The quantitative estimate of drug-likeness (QED) is 0.788. The predicted molar refractivity (Wildman–Crippen MR) is 93.0 cm³/mol. The van der Waals surface area contributed by atoms with E-state index in [0.717, 1.165) is 12.1 Å². The molecule has 1 aromatic carbocycles. The van der Waals surface area contributed by atoms with E-state index in [4.69, 9.17) is 16.3 Å². The number of aromatic nitrogens is 2. The van der Waals surface area contributed by atoms with Gasteiger partial charge in [0, 0.05) is 18.2 Å². The van der Waals surface area contributed by atoms with Crippen molar-refractivity contribution in [2.75, 3.05) is 19.6 Å². The van der Waals surface area contributed by atoms with Crippen LogP contribution in [-0.4, -0.2) is 40.8 Å². The summed E-state index contributed by atoms with van der Waals surface area (Å²) >= 11 is 6.09. The van der Waals surface area contributed by atoms with Gasteiger partial charge in [0.25, 0.3) is 0 Å². The number of fused-ring (bicyclic) bond motifs is 3. The summed E-state index contributed by atoms with van der Waals surface area (Å²) in [5.74, 6) is 7.24. The van der Waals surface area contributed by atoms with Crippen LogP contribution in [0.5, 0.6) is 5.88 Å². The molecule has 1 aromatic heterocycles. The van der Waals surface area contributed by atoms with E-state index in [1.807, 2.05) is 36.4 Å². The van der Waals surface area contributed by atoms with Gasteiger partial charge in [-0.25, -0.2) is 0 Å². The first-order valence-electron chi connectivity index (χ1n) is 8.27. The van der Waals surface area contributed by atoms with Gasteiger partial charge in [-0.3, -0.25) is 4.90 Å². The molecule has 3 aliphatic heterocycles. The summed E-state index contributed by atoms with van der Waals surface area (Å²) < 4.78 is 6.04. The highest BCUT2D eigenvalue weighted by molar-refractivity contribution is 6.31. The average Bonchev–Trinajstić information content (AvgIpc) is 2.63. The molecule has 1 atom stereocenters. The minimum atomic E-state index is 0.238. The van der Waals surface area contributed by atoms with Gasteiger partial charge in [0.1, 0.15) is 11.8 Å². The molecule has 2 bridgehead atoms. The molecule has 3 aliphatic rings. The van der Waals surface area contributed by atoms with Gasteiger partial charge >= 0.3 is 0 Å². The van der Waals surface area contributed by atoms with Crippen LogP contribution in [0.2, 0.25) is 5.02 Å². The van der Waals surface area contributed by atoms with Gasteiger partial charge in [0.2, 0.25) is 5.88 Å². The van der Waals surface area contributed by atoms with Crippen molar-refractivity contribution in [1.82, 2.24) is 15.1 Å². The number of rotatable bonds is 2. The number of hydrogen-bond donors (Lipinski definition) is 0. The van der Waals surface area contributed by atoms with Gasteiger partial charge in [0.05, 0.1) is 5.02 Å². The standard InChI is InChI=1S/C19H18ClN3O/c20-17-4-2-1-3-14(17)5-6-16-7-8-19(22-21-16)24-18-13-23-11-9-15(18)10-12-23/h1-4,7-8,15,18H,9-13H2.